The first kappa shape index (κ1) is 12.9. The molecule has 4 N–H and O–H groups in total. The number of carboxylic acids is 1. The van der Waals surface area contributed by atoms with E-state index in [2.05, 4.69) is 10.3 Å². The predicted octanol–water partition coefficient (Wildman–Crippen LogP) is 3.26. The summed E-state index contributed by atoms with van der Waals surface area (Å²) in [5.74, 6) is -1.00. The molecule has 0 atom stereocenters. The topological polar surface area (TPSA) is 88.2 Å². The van der Waals surface area contributed by atoms with Gasteiger partial charge >= 0.3 is 5.97 Å². The Kier molecular flexibility index (Phi) is 3.16. The van der Waals surface area contributed by atoms with Crippen molar-refractivity contribution < 1.29 is 9.90 Å². The van der Waals surface area contributed by atoms with Gasteiger partial charge in [-0.05, 0) is 42.5 Å². The van der Waals surface area contributed by atoms with Gasteiger partial charge in [0.05, 0.1) is 16.8 Å². The highest BCUT2D eigenvalue weighted by molar-refractivity contribution is 5.96. The number of hydrogen-bond donors (Lipinski definition) is 3. The maximum atomic E-state index is 11.2. The largest absolute Gasteiger partial charge is 0.478 e. The minimum Gasteiger partial charge on any atom is -0.478 e. The molecule has 5 heteroatoms. The lowest BCUT2D eigenvalue weighted by Crippen LogP contribution is -2.03. The van der Waals surface area contributed by atoms with Crippen LogP contribution in [0.2, 0.25) is 0 Å². The Labute approximate surface area is 121 Å². The zero-order valence-electron chi connectivity index (χ0n) is 11.1. The summed E-state index contributed by atoms with van der Waals surface area (Å²) in [6, 6.07) is 14.1. The van der Waals surface area contributed by atoms with Crippen LogP contribution >= 0.6 is 0 Å². The highest BCUT2D eigenvalue weighted by atomic mass is 16.4. The summed E-state index contributed by atoms with van der Waals surface area (Å²) in [6.45, 7) is 0. The number of rotatable bonds is 3. The maximum Gasteiger partial charge on any atom is 0.337 e. The molecular formula is C16H13N3O2. The number of aromatic nitrogens is 1. The highest BCUT2D eigenvalue weighted by Crippen LogP contribution is 2.25. The predicted molar refractivity (Wildman–Crippen MR) is 82.8 cm³/mol. The molecule has 104 valence electrons. The van der Waals surface area contributed by atoms with Crippen molar-refractivity contribution in [3.63, 3.8) is 0 Å². The first-order valence-corrected chi connectivity index (χ1v) is 6.38. The Morgan fingerprint density at radius 2 is 2.00 bits per heavy atom. The normalized spacial score (nSPS) is 10.5. The number of pyridine rings is 1. The molecule has 0 radical (unpaired) electrons. The first-order chi connectivity index (χ1) is 10.1. The summed E-state index contributed by atoms with van der Waals surface area (Å²) in [7, 11) is 0. The van der Waals surface area contributed by atoms with E-state index < -0.39 is 5.97 Å². The Bertz CT molecular complexity index is 831. The van der Waals surface area contributed by atoms with Crippen LogP contribution in [0.15, 0.2) is 54.7 Å². The number of hydrogen-bond acceptors (Lipinski definition) is 4. The molecular weight excluding hydrogens is 266 g/mol. The number of aromatic carboxylic acids is 1. The van der Waals surface area contributed by atoms with Gasteiger partial charge < -0.3 is 16.2 Å². The molecule has 21 heavy (non-hydrogen) atoms. The number of nitrogens with zero attached hydrogens (tertiary/aromatic N) is 1. The van der Waals surface area contributed by atoms with E-state index in [1.165, 1.54) is 6.07 Å². The monoisotopic (exact) mass is 279 g/mol. The standard InChI is InChI=1S/C16H13N3O2/c17-11-3-5-13(16(20)21)15(9-11)19-12-4-6-14-10(8-12)2-1-7-18-14/h1-9,19H,17H2,(H,20,21). The van der Waals surface area contributed by atoms with Gasteiger partial charge in [0.25, 0.3) is 0 Å². The Morgan fingerprint density at radius 3 is 2.81 bits per heavy atom. The van der Waals surface area contributed by atoms with Crippen LogP contribution in [0, 0.1) is 0 Å². The van der Waals surface area contributed by atoms with E-state index >= 15 is 0 Å². The van der Waals surface area contributed by atoms with Crippen LogP contribution in [0.5, 0.6) is 0 Å². The van der Waals surface area contributed by atoms with Crippen molar-refractivity contribution in [3.05, 3.63) is 60.3 Å². The third-order valence-electron chi connectivity index (χ3n) is 3.16. The van der Waals surface area contributed by atoms with Crippen molar-refractivity contribution in [1.82, 2.24) is 4.98 Å². The lowest BCUT2D eigenvalue weighted by molar-refractivity contribution is 0.0698. The van der Waals surface area contributed by atoms with Crippen LogP contribution in [-0.4, -0.2) is 16.1 Å². The summed E-state index contributed by atoms with van der Waals surface area (Å²) in [5.41, 5.74) is 8.54. The molecule has 0 aliphatic carbocycles. The third kappa shape index (κ3) is 2.62. The summed E-state index contributed by atoms with van der Waals surface area (Å²) >= 11 is 0. The van der Waals surface area contributed by atoms with E-state index in [4.69, 9.17) is 5.73 Å². The van der Waals surface area contributed by atoms with Gasteiger partial charge in [-0.3, -0.25) is 4.98 Å². The number of carbonyl (C=O) groups is 1. The van der Waals surface area contributed by atoms with Crippen LogP contribution in [0.4, 0.5) is 17.1 Å². The van der Waals surface area contributed by atoms with Crippen molar-refractivity contribution in [2.24, 2.45) is 0 Å². The zero-order chi connectivity index (χ0) is 14.8. The average Bonchev–Trinajstić information content (AvgIpc) is 2.47. The average molecular weight is 279 g/mol. The van der Waals surface area contributed by atoms with Crippen LogP contribution in [0.25, 0.3) is 10.9 Å². The van der Waals surface area contributed by atoms with E-state index in [9.17, 15) is 9.90 Å². The SMILES string of the molecule is Nc1ccc(C(=O)O)c(Nc2ccc3ncccc3c2)c1. The second kappa shape index (κ2) is 5.13. The number of nitrogen functional groups attached to an aromatic ring is 1. The van der Waals surface area contributed by atoms with E-state index in [0.29, 0.717) is 11.4 Å². The summed E-state index contributed by atoms with van der Waals surface area (Å²) in [4.78, 5) is 15.5. The van der Waals surface area contributed by atoms with E-state index in [-0.39, 0.29) is 5.56 Å². The van der Waals surface area contributed by atoms with Gasteiger partial charge in [-0.15, -0.1) is 0 Å². The van der Waals surface area contributed by atoms with Crippen LogP contribution in [0.1, 0.15) is 10.4 Å². The van der Waals surface area contributed by atoms with Crippen LogP contribution < -0.4 is 11.1 Å². The van der Waals surface area contributed by atoms with Gasteiger partial charge in [0.15, 0.2) is 0 Å². The second-order valence-electron chi connectivity index (χ2n) is 4.65. The molecule has 3 rings (SSSR count). The molecule has 0 spiro atoms. The third-order valence-corrected chi connectivity index (χ3v) is 3.16. The van der Waals surface area contributed by atoms with Gasteiger partial charge in [0.1, 0.15) is 0 Å². The Balaban J connectivity index is 2.02. The fourth-order valence-corrected chi connectivity index (χ4v) is 2.16. The lowest BCUT2D eigenvalue weighted by atomic mass is 10.1. The van der Waals surface area contributed by atoms with E-state index in [0.717, 1.165) is 16.6 Å². The Hall–Kier alpha value is -3.08. The number of carboxylic acid groups (broad SMARTS) is 1. The van der Waals surface area contributed by atoms with Crippen molar-refractivity contribution in [2.45, 2.75) is 0 Å². The van der Waals surface area contributed by atoms with Crippen molar-refractivity contribution in [3.8, 4) is 0 Å². The lowest BCUT2D eigenvalue weighted by Gasteiger charge is -2.11. The number of fused-ring (bicyclic) bond motifs is 1. The molecule has 1 heterocycles. The van der Waals surface area contributed by atoms with Crippen LogP contribution in [0.3, 0.4) is 0 Å². The number of benzene rings is 2. The van der Waals surface area contributed by atoms with Crippen LogP contribution in [-0.2, 0) is 0 Å². The smallest absolute Gasteiger partial charge is 0.337 e. The zero-order valence-corrected chi connectivity index (χ0v) is 11.1. The van der Waals surface area contributed by atoms with Crippen molar-refractivity contribution >= 4 is 33.9 Å². The minimum atomic E-state index is -1.00. The van der Waals surface area contributed by atoms with E-state index in [1.807, 2.05) is 30.3 Å². The molecule has 0 saturated heterocycles. The molecule has 0 saturated carbocycles. The number of nitrogens with two attached hydrogens (primary N) is 1. The van der Waals surface area contributed by atoms with Gasteiger partial charge in [-0.25, -0.2) is 4.79 Å². The van der Waals surface area contributed by atoms with Gasteiger partial charge in [0, 0.05) is 23.0 Å². The Morgan fingerprint density at radius 1 is 1.14 bits per heavy atom. The fraction of sp³-hybridized carbons (Fsp3) is 0. The molecule has 5 nitrogen and oxygen atoms in total. The summed E-state index contributed by atoms with van der Waals surface area (Å²) < 4.78 is 0. The molecule has 0 fully saturated rings. The van der Waals surface area contributed by atoms with Gasteiger partial charge in [-0.1, -0.05) is 6.07 Å². The quantitative estimate of drug-likeness (QED) is 0.640. The van der Waals surface area contributed by atoms with Gasteiger partial charge in [0.2, 0.25) is 0 Å². The minimum absolute atomic E-state index is 0.176. The molecule has 0 unspecified atom stereocenters. The van der Waals surface area contributed by atoms with Crippen molar-refractivity contribution in [1.29, 1.82) is 0 Å². The highest BCUT2D eigenvalue weighted by Gasteiger charge is 2.10. The van der Waals surface area contributed by atoms with Crippen molar-refractivity contribution in [2.75, 3.05) is 11.1 Å². The van der Waals surface area contributed by atoms with E-state index in [1.54, 1.807) is 18.3 Å². The molecule has 3 aromatic rings. The molecule has 0 aliphatic heterocycles. The first-order valence-electron chi connectivity index (χ1n) is 6.38. The summed E-state index contributed by atoms with van der Waals surface area (Å²) in [5, 5.41) is 13.3. The summed E-state index contributed by atoms with van der Waals surface area (Å²) in [6.07, 6.45) is 1.73. The molecule has 2 aromatic carbocycles. The number of anilines is 3. The molecule has 0 aliphatic rings. The second-order valence-corrected chi connectivity index (χ2v) is 4.65. The van der Waals surface area contributed by atoms with Gasteiger partial charge in [-0.2, -0.15) is 0 Å². The maximum absolute atomic E-state index is 11.2. The number of nitrogens with one attached hydrogen (secondary N) is 1. The fourth-order valence-electron chi connectivity index (χ4n) is 2.16. The molecule has 0 amide bonds. The molecule has 1 aromatic heterocycles. The molecule has 0 bridgehead atoms.